The van der Waals surface area contributed by atoms with E-state index in [1.54, 1.807) is 17.0 Å². The van der Waals surface area contributed by atoms with Crippen molar-refractivity contribution in [2.45, 2.75) is 13.0 Å². The molecule has 2 rings (SSSR count). The molecule has 21 heavy (non-hydrogen) atoms. The van der Waals surface area contributed by atoms with E-state index >= 15 is 0 Å². The molecule has 0 atom stereocenters. The fourth-order valence-corrected chi connectivity index (χ4v) is 2.34. The third-order valence-corrected chi connectivity index (χ3v) is 3.49. The minimum absolute atomic E-state index is 0.106. The van der Waals surface area contributed by atoms with E-state index in [0.717, 1.165) is 25.1 Å². The predicted octanol–water partition coefficient (Wildman–Crippen LogP) is 0.834. The molecule has 1 N–H and O–H groups in total. The number of likely N-dealkylation sites (N-methyl/N-ethyl adjacent to an activating group) is 1. The summed E-state index contributed by atoms with van der Waals surface area (Å²) in [7, 11) is 1.81. The molecule has 4 nitrogen and oxygen atoms in total. The number of halogens is 1. The van der Waals surface area contributed by atoms with Gasteiger partial charge in [0, 0.05) is 26.7 Å². The lowest BCUT2D eigenvalue weighted by molar-refractivity contribution is -0.129. The highest BCUT2D eigenvalue weighted by Crippen LogP contribution is 2.13. The number of aliphatic hydroxyl groups excluding tert-OH is 1. The van der Waals surface area contributed by atoms with Crippen molar-refractivity contribution in [2.75, 3.05) is 33.3 Å². The molecule has 0 spiro atoms. The van der Waals surface area contributed by atoms with Gasteiger partial charge in [0.05, 0.1) is 12.1 Å². The fraction of sp³-hybridized carbons (Fsp3) is 0.438. The molecular weight excluding hydrogens is 271 g/mol. The second-order valence-electron chi connectivity index (χ2n) is 5.15. The SMILES string of the molecule is CN1CCCN(Cc2ccc(F)c(C#CCO)c2)CC1=O. The van der Waals surface area contributed by atoms with Gasteiger partial charge in [0.2, 0.25) is 5.91 Å². The lowest BCUT2D eigenvalue weighted by atomic mass is 10.1. The summed E-state index contributed by atoms with van der Waals surface area (Å²) in [4.78, 5) is 15.6. The van der Waals surface area contributed by atoms with Crippen LogP contribution in [0.4, 0.5) is 4.39 Å². The van der Waals surface area contributed by atoms with Crippen molar-refractivity contribution in [3.05, 3.63) is 35.1 Å². The zero-order valence-corrected chi connectivity index (χ0v) is 12.1. The molecule has 0 saturated carbocycles. The molecule has 0 aromatic heterocycles. The quantitative estimate of drug-likeness (QED) is 0.821. The smallest absolute Gasteiger partial charge is 0.236 e. The van der Waals surface area contributed by atoms with Gasteiger partial charge >= 0.3 is 0 Å². The summed E-state index contributed by atoms with van der Waals surface area (Å²) in [5, 5.41) is 8.69. The van der Waals surface area contributed by atoms with Crippen LogP contribution in [0.25, 0.3) is 0 Å². The van der Waals surface area contributed by atoms with E-state index in [4.69, 9.17) is 5.11 Å². The number of carbonyl (C=O) groups is 1. The number of amides is 1. The summed E-state index contributed by atoms with van der Waals surface area (Å²) in [6.45, 7) is 2.28. The Hall–Kier alpha value is -1.90. The summed E-state index contributed by atoms with van der Waals surface area (Å²) in [6, 6.07) is 4.76. The molecule has 0 bridgehead atoms. The van der Waals surface area contributed by atoms with Crippen molar-refractivity contribution in [1.82, 2.24) is 9.80 Å². The van der Waals surface area contributed by atoms with E-state index in [9.17, 15) is 9.18 Å². The van der Waals surface area contributed by atoms with Gasteiger partial charge in [0.1, 0.15) is 12.4 Å². The first kappa shape index (κ1) is 15.5. The van der Waals surface area contributed by atoms with E-state index in [2.05, 4.69) is 16.7 Å². The topological polar surface area (TPSA) is 43.8 Å². The van der Waals surface area contributed by atoms with Gasteiger partial charge in [0.25, 0.3) is 0 Å². The maximum Gasteiger partial charge on any atom is 0.236 e. The van der Waals surface area contributed by atoms with E-state index in [-0.39, 0.29) is 18.1 Å². The zero-order chi connectivity index (χ0) is 15.2. The third-order valence-electron chi connectivity index (χ3n) is 3.49. The molecule has 1 saturated heterocycles. The maximum absolute atomic E-state index is 13.6. The summed E-state index contributed by atoms with van der Waals surface area (Å²) in [6.07, 6.45) is 0.931. The average Bonchev–Trinajstić information content (AvgIpc) is 2.61. The largest absolute Gasteiger partial charge is 0.384 e. The van der Waals surface area contributed by atoms with Crippen molar-refractivity contribution in [2.24, 2.45) is 0 Å². The van der Waals surface area contributed by atoms with E-state index < -0.39 is 5.82 Å². The monoisotopic (exact) mass is 290 g/mol. The molecule has 1 fully saturated rings. The standard InChI is InChI=1S/C16H19FN2O2/c1-18-7-3-8-19(12-16(18)21)11-13-5-6-15(17)14(10-13)4-2-9-20/h5-6,10,20H,3,7-9,11-12H2,1H3. The van der Waals surface area contributed by atoms with Crippen LogP contribution in [0.2, 0.25) is 0 Å². The van der Waals surface area contributed by atoms with E-state index in [0.29, 0.717) is 13.1 Å². The lowest BCUT2D eigenvalue weighted by Gasteiger charge is -2.19. The Balaban J connectivity index is 2.10. The van der Waals surface area contributed by atoms with Crippen LogP contribution in [0.3, 0.4) is 0 Å². The first-order valence-electron chi connectivity index (χ1n) is 6.94. The zero-order valence-electron chi connectivity index (χ0n) is 12.1. The highest BCUT2D eigenvalue weighted by atomic mass is 19.1. The highest BCUT2D eigenvalue weighted by Gasteiger charge is 2.19. The molecule has 5 heteroatoms. The Labute approximate surface area is 124 Å². The number of carbonyl (C=O) groups excluding carboxylic acids is 1. The Kier molecular flexibility index (Phi) is 5.32. The molecule has 1 aliphatic heterocycles. The van der Waals surface area contributed by atoms with Crippen LogP contribution in [0.5, 0.6) is 0 Å². The summed E-state index contributed by atoms with van der Waals surface area (Å²) >= 11 is 0. The second kappa shape index (κ2) is 7.21. The molecule has 0 radical (unpaired) electrons. The van der Waals surface area contributed by atoms with Crippen LogP contribution in [0.15, 0.2) is 18.2 Å². The Morgan fingerprint density at radius 3 is 2.95 bits per heavy atom. The van der Waals surface area contributed by atoms with Crippen LogP contribution in [0.1, 0.15) is 17.5 Å². The number of rotatable bonds is 2. The molecule has 1 aromatic carbocycles. The fourth-order valence-electron chi connectivity index (χ4n) is 2.34. The predicted molar refractivity (Wildman–Crippen MR) is 77.9 cm³/mol. The molecule has 0 unspecified atom stereocenters. The van der Waals surface area contributed by atoms with Gasteiger partial charge in [-0.15, -0.1) is 0 Å². The van der Waals surface area contributed by atoms with Gasteiger partial charge in [-0.05, 0) is 24.1 Å². The minimum Gasteiger partial charge on any atom is -0.384 e. The molecule has 1 aliphatic rings. The third kappa shape index (κ3) is 4.28. The van der Waals surface area contributed by atoms with Crippen LogP contribution < -0.4 is 0 Å². The van der Waals surface area contributed by atoms with Crippen molar-refractivity contribution < 1.29 is 14.3 Å². The van der Waals surface area contributed by atoms with Gasteiger partial charge in [-0.3, -0.25) is 9.69 Å². The molecule has 1 amide bonds. The van der Waals surface area contributed by atoms with Crippen molar-refractivity contribution in [3.63, 3.8) is 0 Å². The molecule has 1 aromatic rings. The molecule has 112 valence electrons. The van der Waals surface area contributed by atoms with Gasteiger partial charge in [0.15, 0.2) is 0 Å². The normalized spacial score (nSPS) is 16.3. The first-order chi connectivity index (χ1) is 10.1. The van der Waals surface area contributed by atoms with Crippen LogP contribution in [-0.4, -0.2) is 54.1 Å². The van der Waals surface area contributed by atoms with Crippen LogP contribution >= 0.6 is 0 Å². The lowest BCUT2D eigenvalue weighted by Crippen LogP contribution is -2.34. The van der Waals surface area contributed by atoms with Crippen molar-refractivity contribution in [3.8, 4) is 11.8 Å². The minimum atomic E-state index is -0.397. The van der Waals surface area contributed by atoms with Gasteiger partial charge < -0.3 is 10.0 Å². The molecule has 0 aliphatic carbocycles. The van der Waals surface area contributed by atoms with Gasteiger partial charge in [-0.1, -0.05) is 17.9 Å². The summed E-state index contributed by atoms with van der Waals surface area (Å²) in [5.41, 5.74) is 1.19. The molecular formula is C16H19FN2O2. The number of hydrogen-bond acceptors (Lipinski definition) is 3. The van der Waals surface area contributed by atoms with Crippen molar-refractivity contribution in [1.29, 1.82) is 0 Å². The summed E-state index contributed by atoms with van der Waals surface area (Å²) < 4.78 is 13.6. The Bertz CT molecular complexity index is 577. The number of nitrogens with zero attached hydrogens (tertiary/aromatic N) is 2. The average molecular weight is 290 g/mol. The second-order valence-corrected chi connectivity index (χ2v) is 5.15. The summed E-state index contributed by atoms with van der Waals surface area (Å²) in [5.74, 6) is 4.76. The van der Waals surface area contributed by atoms with E-state index in [1.165, 1.54) is 6.07 Å². The Morgan fingerprint density at radius 1 is 1.38 bits per heavy atom. The highest BCUT2D eigenvalue weighted by molar-refractivity contribution is 5.78. The number of aliphatic hydroxyl groups is 1. The first-order valence-corrected chi connectivity index (χ1v) is 6.94. The van der Waals surface area contributed by atoms with Crippen molar-refractivity contribution >= 4 is 5.91 Å². The van der Waals surface area contributed by atoms with Crippen LogP contribution in [-0.2, 0) is 11.3 Å². The number of benzene rings is 1. The molecule has 1 heterocycles. The Morgan fingerprint density at radius 2 is 2.19 bits per heavy atom. The van der Waals surface area contributed by atoms with Gasteiger partial charge in [-0.2, -0.15) is 0 Å². The number of hydrogen-bond donors (Lipinski definition) is 1. The maximum atomic E-state index is 13.6. The van der Waals surface area contributed by atoms with Crippen LogP contribution in [0, 0.1) is 17.7 Å². The van der Waals surface area contributed by atoms with E-state index in [1.807, 2.05) is 7.05 Å². The van der Waals surface area contributed by atoms with Gasteiger partial charge in [-0.25, -0.2) is 4.39 Å².